The summed E-state index contributed by atoms with van der Waals surface area (Å²) in [6, 6.07) is 0. The molecule has 0 rings (SSSR count). The Balaban J connectivity index is 4.11. The smallest absolute Gasteiger partial charge is 0.0331 e. The fraction of sp³-hybridized carbons (Fsp3) is 1.00. The van der Waals surface area contributed by atoms with Crippen LogP contribution in [0.15, 0.2) is 0 Å². The molecule has 0 spiro atoms. The molecule has 0 heteroatoms. The minimum Gasteiger partial charge on any atom is -0.0654 e. The van der Waals surface area contributed by atoms with Crippen LogP contribution in [0.1, 0.15) is 106 Å². The fourth-order valence-corrected chi connectivity index (χ4v) is 2.92. The zero-order chi connectivity index (χ0) is 14.9. The van der Waals surface area contributed by atoms with Gasteiger partial charge in [-0.1, -0.05) is 87.0 Å². The molecule has 0 aromatic heterocycles. The molecule has 116 valence electrons. The quantitative estimate of drug-likeness (QED) is 0.392. The lowest BCUT2D eigenvalue weighted by Crippen LogP contribution is -2.16. The number of hydrogen-bond acceptors (Lipinski definition) is 0. The summed E-state index contributed by atoms with van der Waals surface area (Å²) in [7, 11) is 0. The van der Waals surface area contributed by atoms with E-state index in [2.05, 4.69) is 48.5 Å². The standard InChI is InChI=1S/C19H40/c1-8-12-17(13-11-15-18(4,5)6)14-16-19(7,9-2)10-3/h17H,8-16H2,1-7H3. The Labute approximate surface area is 123 Å². The lowest BCUT2D eigenvalue weighted by Gasteiger charge is -2.29. The minimum absolute atomic E-state index is 0.512. The van der Waals surface area contributed by atoms with Gasteiger partial charge in [0.15, 0.2) is 0 Å². The van der Waals surface area contributed by atoms with Gasteiger partial charge in [-0.15, -0.1) is 0 Å². The summed E-state index contributed by atoms with van der Waals surface area (Å²) >= 11 is 0. The first-order chi connectivity index (χ1) is 8.76. The highest BCUT2D eigenvalue weighted by molar-refractivity contribution is 4.73. The molecular formula is C19H40. The topological polar surface area (TPSA) is 0 Å². The molecule has 0 aliphatic rings. The first kappa shape index (κ1) is 19.0. The maximum Gasteiger partial charge on any atom is -0.0331 e. The molecule has 0 heterocycles. The summed E-state index contributed by atoms with van der Waals surface area (Å²) in [6.07, 6.45) is 12.6. The van der Waals surface area contributed by atoms with E-state index in [0.717, 1.165) is 5.92 Å². The third-order valence-electron chi connectivity index (χ3n) is 5.10. The molecule has 0 bridgehead atoms. The van der Waals surface area contributed by atoms with Crippen LogP contribution in [-0.4, -0.2) is 0 Å². The molecule has 0 aliphatic carbocycles. The van der Waals surface area contributed by atoms with E-state index in [9.17, 15) is 0 Å². The fourth-order valence-electron chi connectivity index (χ4n) is 2.92. The highest BCUT2D eigenvalue weighted by atomic mass is 14.3. The second-order valence-corrected chi connectivity index (χ2v) is 8.16. The van der Waals surface area contributed by atoms with Crippen molar-refractivity contribution < 1.29 is 0 Å². The molecule has 0 aliphatic heterocycles. The Morgan fingerprint density at radius 3 is 1.74 bits per heavy atom. The monoisotopic (exact) mass is 268 g/mol. The summed E-state index contributed by atoms with van der Waals surface area (Å²) in [6.45, 7) is 16.6. The van der Waals surface area contributed by atoms with E-state index >= 15 is 0 Å². The Morgan fingerprint density at radius 2 is 1.32 bits per heavy atom. The lowest BCUT2D eigenvalue weighted by atomic mass is 9.77. The van der Waals surface area contributed by atoms with Gasteiger partial charge in [0, 0.05) is 0 Å². The van der Waals surface area contributed by atoms with Gasteiger partial charge in [-0.2, -0.15) is 0 Å². The van der Waals surface area contributed by atoms with Crippen LogP contribution in [0.2, 0.25) is 0 Å². The van der Waals surface area contributed by atoms with E-state index in [0.29, 0.717) is 10.8 Å². The molecule has 1 atom stereocenters. The highest BCUT2D eigenvalue weighted by Crippen LogP contribution is 2.35. The van der Waals surface area contributed by atoms with Crippen LogP contribution < -0.4 is 0 Å². The molecule has 0 fully saturated rings. The first-order valence-electron chi connectivity index (χ1n) is 8.76. The Bertz CT molecular complexity index is 205. The van der Waals surface area contributed by atoms with Gasteiger partial charge in [0.25, 0.3) is 0 Å². The summed E-state index contributed by atoms with van der Waals surface area (Å²) in [5.74, 6) is 0.977. The maximum absolute atomic E-state index is 2.48. The molecular weight excluding hydrogens is 228 g/mol. The second kappa shape index (κ2) is 9.03. The van der Waals surface area contributed by atoms with Crippen LogP contribution in [0, 0.1) is 16.7 Å². The van der Waals surface area contributed by atoms with E-state index in [1.54, 1.807) is 0 Å². The SMILES string of the molecule is CCCC(CCCC(C)(C)C)CCC(C)(CC)CC. The van der Waals surface area contributed by atoms with Crippen molar-refractivity contribution in [3.63, 3.8) is 0 Å². The second-order valence-electron chi connectivity index (χ2n) is 8.16. The van der Waals surface area contributed by atoms with Gasteiger partial charge < -0.3 is 0 Å². The van der Waals surface area contributed by atoms with Crippen LogP contribution in [0.4, 0.5) is 0 Å². The third kappa shape index (κ3) is 9.52. The van der Waals surface area contributed by atoms with Gasteiger partial charge in [0.2, 0.25) is 0 Å². The summed E-state index contributed by atoms with van der Waals surface area (Å²) in [5.41, 5.74) is 1.11. The van der Waals surface area contributed by atoms with E-state index < -0.39 is 0 Å². The molecule has 19 heavy (non-hydrogen) atoms. The molecule has 0 amide bonds. The summed E-state index contributed by atoms with van der Waals surface area (Å²) < 4.78 is 0. The van der Waals surface area contributed by atoms with Crippen LogP contribution >= 0.6 is 0 Å². The van der Waals surface area contributed by atoms with Crippen molar-refractivity contribution in [3.8, 4) is 0 Å². The van der Waals surface area contributed by atoms with Gasteiger partial charge >= 0.3 is 0 Å². The highest BCUT2D eigenvalue weighted by Gasteiger charge is 2.21. The number of rotatable bonds is 10. The van der Waals surface area contributed by atoms with Crippen molar-refractivity contribution in [1.29, 1.82) is 0 Å². The summed E-state index contributed by atoms with van der Waals surface area (Å²) in [4.78, 5) is 0. The first-order valence-corrected chi connectivity index (χ1v) is 8.76. The Hall–Kier alpha value is 0. The largest absolute Gasteiger partial charge is 0.0654 e. The third-order valence-corrected chi connectivity index (χ3v) is 5.10. The van der Waals surface area contributed by atoms with Crippen LogP contribution in [0.5, 0.6) is 0 Å². The van der Waals surface area contributed by atoms with Gasteiger partial charge in [-0.3, -0.25) is 0 Å². The summed E-state index contributed by atoms with van der Waals surface area (Å²) in [5, 5.41) is 0. The molecule has 0 aromatic rings. The predicted octanol–water partition coefficient (Wildman–Crippen LogP) is 7.23. The van der Waals surface area contributed by atoms with E-state index in [1.807, 2.05) is 0 Å². The van der Waals surface area contributed by atoms with E-state index in [4.69, 9.17) is 0 Å². The van der Waals surface area contributed by atoms with Gasteiger partial charge in [0.1, 0.15) is 0 Å². The molecule has 0 aromatic carbocycles. The minimum atomic E-state index is 0.512. The molecule has 1 unspecified atom stereocenters. The van der Waals surface area contributed by atoms with E-state index in [-0.39, 0.29) is 0 Å². The zero-order valence-corrected chi connectivity index (χ0v) is 14.9. The predicted molar refractivity (Wildman–Crippen MR) is 89.6 cm³/mol. The van der Waals surface area contributed by atoms with Crippen molar-refractivity contribution in [2.75, 3.05) is 0 Å². The molecule has 0 saturated carbocycles. The van der Waals surface area contributed by atoms with E-state index in [1.165, 1.54) is 57.8 Å². The molecule has 0 nitrogen and oxygen atoms in total. The van der Waals surface area contributed by atoms with Gasteiger partial charge in [-0.05, 0) is 36.0 Å². The maximum atomic E-state index is 2.48. The number of hydrogen-bond donors (Lipinski definition) is 0. The van der Waals surface area contributed by atoms with Crippen molar-refractivity contribution in [2.45, 2.75) is 106 Å². The average molecular weight is 269 g/mol. The van der Waals surface area contributed by atoms with Crippen molar-refractivity contribution in [3.05, 3.63) is 0 Å². The van der Waals surface area contributed by atoms with Gasteiger partial charge in [-0.25, -0.2) is 0 Å². The Morgan fingerprint density at radius 1 is 0.737 bits per heavy atom. The average Bonchev–Trinajstić information content (AvgIpc) is 2.34. The molecule has 0 radical (unpaired) electrons. The van der Waals surface area contributed by atoms with Crippen molar-refractivity contribution in [1.82, 2.24) is 0 Å². The van der Waals surface area contributed by atoms with Gasteiger partial charge in [0.05, 0.1) is 0 Å². The lowest BCUT2D eigenvalue weighted by molar-refractivity contribution is 0.230. The van der Waals surface area contributed by atoms with Crippen molar-refractivity contribution in [2.24, 2.45) is 16.7 Å². The van der Waals surface area contributed by atoms with Crippen LogP contribution in [0.25, 0.3) is 0 Å². The van der Waals surface area contributed by atoms with Crippen LogP contribution in [0.3, 0.4) is 0 Å². The van der Waals surface area contributed by atoms with Crippen molar-refractivity contribution >= 4 is 0 Å². The molecule has 0 N–H and O–H groups in total. The molecule has 0 saturated heterocycles. The van der Waals surface area contributed by atoms with Crippen LogP contribution in [-0.2, 0) is 0 Å². The zero-order valence-electron chi connectivity index (χ0n) is 14.9. The normalized spacial score (nSPS) is 14.7. The Kier molecular flexibility index (Phi) is 9.03.